The third-order valence-corrected chi connectivity index (χ3v) is 5.63. The maximum atomic E-state index is 13.4. The van der Waals surface area contributed by atoms with Gasteiger partial charge in [-0.25, -0.2) is 4.79 Å². The van der Waals surface area contributed by atoms with E-state index in [1.165, 1.54) is 11.0 Å². The number of primary amides is 1. The Morgan fingerprint density at radius 3 is 2.07 bits per heavy atom. The zero-order valence-corrected chi connectivity index (χ0v) is 25.2. The molecule has 3 atom stereocenters. The lowest BCUT2D eigenvalue weighted by Crippen LogP contribution is -2.60. The first-order valence-corrected chi connectivity index (χ1v) is 13.6. The Labute approximate surface area is 244 Å². The van der Waals surface area contributed by atoms with Crippen molar-refractivity contribution in [1.29, 1.82) is 0 Å². The van der Waals surface area contributed by atoms with Crippen LogP contribution >= 0.6 is 0 Å². The van der Waals surface area contributed by atoms with Crippen molar-refractivity contribution in [3.05, 3.63) is 12.7 Å². The maximum absolute atomic E-state index is 13.4. The first kappa shape index (κ1) is 38.4. The van der Waals surface area contributed by atoms with Crippen LogP contribution < -0.4 is 27.0 Å². The van der Waals surface area contributed by atoms with E-state index in [0.717, 1.165) is 5.92 Å². The summed E-state index contributed by atoms with van der Waals surface area (Å²) in [6.45, 7) is 14.4. The molecule has 1 aliphatic rings. The number of rotatable bonds is 12. The number of nitrogens with zero attached hydrogens (tertiary/aromatic N) is 1. The average molecular weight is 607 g/mol. The predicted molar refractivity (Wildman–Crippen MR) is 150 cm³/mol. The summed E-state index contributed by atoms with van der Waals surface area (Å²) >= 11 is 0. The van der Waals surface area contributed by atoms with Gasteiger partial charge in [-0.05, 0) is 30.6 Å². The number of likely N-dealkylation sites (tertiary alicyclic amines) is 1. The Kier molecular flexibility index (Phi) is 15.8. The van der Waals surface area contributed by atoms with Crippen LogP contribution in [-0.4, -0.2) is 84.3 Å². The molecule has 12 nitrogen and oxygen atoms in total. The van der Waals surface area contributed by atoms with Crippen molar-refractivity contribution in [3.8, 4) is 0 Å². The Balaban J connectivity index is 0.00000393. The molecule has 1 rings (SSSR count). The minimum atomic E-state index is -4.64. The minimum absolute atomic E-state index is 0.106. The molecule has 0 spiro atoms. The second-order valence-electron chi connectivity index (χ2n) is 11.6. The van der Waals surface area contributed by atoms with E-state index in [0.29, 0.717) is 6.42 Å². The van der Waals surface area contributed by atoms with Crippen molar-refractivity contribution in [2.45, 2.75) is 91.5 Å². The molecule has 1 fully saturated rings. The number of halogens is 3. The highest BCUT2D eigenvalue weighted by Gasteiger charge is 2.43. The zero-order chi connectivity index (χ0) is 32.8. The van der Waals surface area contributed by atoms with Gasteiger partial charge in [-0.3, -0.25) is 24.0 Å². The molecule has 0 aromatic heterocycles. The van der Waals surface area contributed by atoms with Crippen LogP contribution in [0.5, 0.6) is 0 Å². The molecule has 3 unspecified atom stereocenters. The fraction of sp³-hybridized carbons (Fsp3) is 0.704. The molecule has 1 aliphatic heterocycles. The van der Waals surface area contributed by atoms with Gasteiger partial charge in [0.15, 0.2) is 0 Å². The predicted octanol–water partition coefficient (Wildman–Crippen LogP) is 1.54. The Morgan fingerprint density at radius 1 is 1.02 bits per heavy atom. The van der Waals surface area contributed by atoms with E-state index >= 15 is 0 Å². The molecular formula is C27H45F3N6O6. The number of urea groups is 1. The number of ketones is 1. The summed E-state index contributed by atoms with van der Waals surface area (Å²) in [5, 5.41) is 9.04. The fourth-order valence-corrected chi connectivity index (χ4v) is 3.72. The van der Waals surface area contributed by atoms with Crippen molar-refractivity contribution in [2.24, 2.45) is 17.1 Å². The van der Waals surface area contributed by atoms with Crippen LogP contribution in [0.15, 0.2) is 12.7 Å². The topological polar surface area (TPSA) is 180 Å². The van der Waals surface area contributed by atoms with Crippen molar-refractivity contribution in [1.82, 2.24) is 26.2 Å². The van der Waals surface area contributed by atoms with Gasteiger partial charge in [0.25, 0.3) is 5.91 Å². The molecule has 240 valence electrons. The van der Waals surface area contributed by atoms with Crippen molar-refractivity contribution in [2.75, 3.05) is 19.6 Å². The van der Waals surface area contributed by atoms with E-state index in [4.69, 9.17) is 5.73 Å². The molecule has 0 aromatic rings. The molecule has 1 heterocycles. The first-order valence-electron chi connectivity index (χ1n) is 13.6. The number of nitrogens with one attached hydrogen (secondary N) is 4. The van der Waals surface area contributed by atoms with Gasteiger partial charge in [-0.1, -0.05) is 47.6 Å². The summed E-state index contributed by atoms with van der Waals surface area (Å²) in [4.78, 5) is 75.3. The van der Waals surface area contributed by atoms with Crippen molar-refractivity contribution in [3.63, 3.8) is 0 Å². The van der Waals surface area contributed by atoms with Crippen LogP contribution in [0.25, 0.3) is 0 Å². The number of amides is 6. The number of carbonyl (C=O) groups excluding carboxylic acids is 6. The summed E-state index contributed by atoms with van der Waals surface area (Å²) in [6, 6.07) is -4.93. The molecule has 1 saturated heterocycles. The van der Waals surface area contributed by atoms with Crippen LogP contribution in [0, 0.1) is 11.3 Å². The smallest absolute Gasteiger partial charge is 0.368 e. The number of alkyl halides is 3. The highest BCUT2D eigenvalue weighted by molar-refractivity contribution is 6.38. The monoisotopic (exact) mass is 606 g/mol. The van der Waals surface area contributed by atoms with E-state index in [-0.39, 0.29) is 19.5 Å². The van der Waals surface area contributed by atoms with Gasteiger partial charge in [-0.2, -0.15) is 13.2 Å². The largest absolute Gasteiger partial charge is 0.389 e. The second kappa shape index (κ2) is 17.3. The molecule has 0 radical (unpaired) electrons. The lowest BCUT2D eigenvalue weighted by atomic mass is 9.85. The highest BCUT2D eigenvalue weighted by Crippen LogP contribution is 2.27. The van der Waals surface area contributed by atoms with Gasteiger partial charge < -0.3 is 31.9 Å². The lowest BCUT2D eigenvalue weighted by molar-refractivity contribution is -0.147. The third-order valence-electron chi connectivity index (χ3n) is 5.63. The van der Waals surface area contributed by atoms with Crippen LogP contribution in [0.1, 0.15) is 67.2 Å². The van der Waals surface area contributed by atoms with Gasteiger partial charge in [0.05, 0.1) is 12.6 Å². The highest BCUT2D eigenvalue weighted by atomic mass is 19.4. The van der Waals surface area contributed by atoms with Gasteiger partial charge >= 0.3 is 12.2 Å². The SMILES string of the molecule is C=CCNC(=O)C(=O)C(CCC(F)(F)F)NC(=O)C1CCCN1C(=O)C(NC(=O)NCC(N)=O)C(C)(C)C.CC(C)C. The van der Waals surface area contributed by atoms with E-state index in [1.807, 2.05) is 0 Å². The second-order valence-corrected chi connectivity index (χ2v) is 11.6. The number of hydrogen-bond donors (Lipinski definition) is 5. The standard InChI is InChI=1S/C23H35F3N6O6.C4H10/c1-5-10-28-19(36)16(34)13(8-9-23(24,25)26)30-18(35)14-7-6-11-32(14)20(37)17(22(2,3)4)31-21(38)29-12-15(27)33;1-4(2)3/h5,13-14,17H,1,6-12H2,2-4H3,(H2,27,33)(H,28,36)(H,30,35)(H2,29,31,38);4H,1-3H3. The molecule has 0 saturated carbocycles. The first-order chi connectivity index (χ1) is 19.2. The van der Waals surface area contributed by atoms with Crippen molar-refractivity contribution < 1.29 is 41.9 Å². The lowest BCUT2D eigenvalue weighted by Gasteiger charge is -2.35. The summed E-state index contributed by atoms with van der Waals surface area (Å²) < 4.78 is 38.5. The van der Waals surface area contributed by atoms with E-state index in [2.05, 4.69) is 48.6 Å². The number of nitrogens with two attached hydrogens (primary N) is 1. The van der Waals surface area contributed by atoms with Crippen molar-refractivity contribution >= 4 is 35.4 Å². The molecule has 6 N–H and O–H groups in total. The summed E-state index contributed by atoms with van der Waals surface area (Å²) in [7, 11) is 0. The molecule has 0 bridgehead atoms. The Hall–Kier alpha value is -3.65. The molecule has 0 aromatic carbocycles. The van der Waals surface area contributed by atoms with E-state index in [1.54, 1.807) is 20.8 Å². The molecule has 0 aliphatic carbocycles. The van der Waals surface area contributed by atoms with Crippen LogP contribution in [0.3, 0.4) is 0 Å². The van der Waals surface area contributed by atoms with Gasteiger partial charge in [0, 0.05) is 19.5 Å². The average Bonchev–Trinajstić information content (AvgIpc) is 3.34. The van der Waals surface area contributed by atoms with Gasteiger partial charge in [0.2, 0.25) is 23.5 Å². The number of carbonyl (C=O) groups is 6. The quantitative estimate of drug-likeness (QED) is 0.166. The zero-order valence-electron chi connectivity index (χ0n) is 25.2. The Bertz CT molecular complexity index is 978. The van der Waals surface area contributed by atoms with Crippen LogP contribution in [0.4, 0.5) is 18.0 Å². The molecule has 15 heteroatoms. The van der Waals surface area contributed by atoms with E-state index < -0.39 is 84.5 Å². The maximum Gasteiger partial charge on any atom is 0.389 e. The van der Waals surface area contributed by atoms with Gasteiger partial charge in [0.1, 0.15) is 12.1 Å². The normalized spacial score (nSPS) is 16.3. The third kappa shape index (κ3) is 14.8. The fourth-order valence-electron chi connectivity index (χ4n) is 3.72. The van der Waals surface area contributed by atoms with Crippen LogP contribution in [0.2, 0.25) is 0 Å². The minimum Gasteiger partial charge on any atom is -0.368 e. The molecule has 42 heavy (non-hydrogen) atoms. The molecular weight excluding hydrogens is 561 g/mol. The molecule has 6 amide bonds. The van der Waals surface area contributed by atoms with E-state index in [9.17, 15) is 41.9 Å². The Morgan fingerprint density at radius 2 is 1.60 bits per heavy atom. The summed E-state index contributed by atoms with van der Waals surface area (Å²) in [5.41, 5.74) is 4.15. The summed E-state index contributed by atoms with van der Waals surface area (Å²) in [5.74, 6) is -3.97. The van der Waals surface area contributed by atoms with Crippen LogP contribution in [-0.2, 0) is 24.0 Å². The number of hydrogen-bond acceptors (Lipinski definition) is 6. The van der Waals surface area contributed by atoms with Gasteiger partial charge in [-0.15, -0.1) is 6.58 Å². The summed E-state index contributed by atoms with van der Waals surface area (Å²) in [6.07, 6.45) is -5.16. The number of Topliss-reactive ketones (excluding diaryl/α,β-unsaturated/α-hetero) is 1.